The van der Waals surface area contributed by atoms with Gasteiger partial charge in [0, 0.05) is 10.9 Å². The Morgan fingerprint density at radius 3 is 1.68 bits per heavy atom. The Kier molecular flexibility index (Phi) is 14.2. The van der Waals surface area contributed by atoms with Crippen molar-refractivity contribution < 1.29 is 25.7 Å². The van der Waals surface area contributed by atoms with Crippen LogP contribution in [0.25, 0.3) is 4.72 Å². The summed E-state index contributed by atoms with van der Waals surface area (Å²) in [6.07, 6.45) is 8.71. The maximum atomic E-state index is 12.8. The van der Waals surface area contributed by atoms with Gasteiger partial charge in [0.15, 0.2) is 0 Å². The number of sulfonamides is 1. The molecule has 1 fully saturated rings. The molecule has 0 unspecified atom stereocenters. The van der Waals surface area contributed by atoms with E-state index in [-0.39, 0.29) is 4.90 Å². The SMILES string of the molecule is C[C]1[CH][CH][C](C(C)C)[CH][CH]1.Cc1ccc(S(=O)(=O)[N-][C@H](c2ccccc2)[C@@H](N)c2ccccc2)cc1.[Cl][Ru+]. The molecule has 4 rings (SSSR count). The van der Waals surface area contributed by atoms with E-state index >= 15 is 0 Å². The first-order valence-electron chi connectivity index (χ1n) is 12.3. The van der Waals surface area contributed by atoms with Crippen LogP contribution in [0.1, 0.15) is 49.5 Å². The quantitative estimate of drug-likeness (QED) is 0.269. The third-order valence-electron chi connectivity index (χ3n) is 5.98. The second-order valence-electron chi connectivity index (χ2n) is 9.25. The fourth-order valence-electron chi connectivity index (χ4n) is 3.71. The minimum absolute atomic E-state index is 0.171. The predicted octanol–water partition coefficient (Wildman–Crippen LogP) is 7.83. The van der Waals surface area contributed by atoms with Gasteiger partial charge >= 0.3 is 27.0 Å². The number of benzene rings is 3. The summed E-state index contributed by atoms with van der Waals surface area (Å²) in [6, 6.07) is 24.1. The number of halogens is 1. The van der Waals surface area contributed by atoms with Gasteiger partial charge < -0.3 is 10.5 Å². The summed E-state index contributed by atoms with van der Waals surface area (Å²) < 4.78 is 29.9. The summed E-state index contributed by atoms with van der Waals surface area (Å²) in [4.78, 5) is 0.171. The fraction of sp³-hybridized carbons (Fsp3) is 0.226. The van der Waals surface area contributed by atoms with E-state index in [1.165, 1.54) is 11.8 Å². The van der Waals surface area contributed by atoms with Crippen LogP contribution < -0.4 is 5.73 Å². The van der Waals surface area contributed by atoms with Gasteiger partial charge in [-0.15, -0.1) is 0 Å². The maximum absolute atomic E-state index is 12.8. The van der Waals surface area contributed by atoms with Crippen LogP contribution in [0.2, 0.25) is 0 Å². The number of rotatable bonds is 7. The van der Waals surface area contributed by atoms with Crippen LogP contribution in [-0.4, -0.2) is 8.42 Å². The van der Waals surface area contributed by atoms with Gasteiger partial charge in [0.1, 0.15) is 10.0 Å². The zero-order chi connectivity index (χ0) is 28.1. The van der Waals surface area contributed by atoms with Gasteiger partial charge in [-0.25, -0.2) is 8.42 Å². The van der Waals surface area contributed by atoms with Crippen LogP contribution >= 0.6 is 9.69 Å². The predicted molar refractivity (Wildman–Crippen MR) is 154 cm³/mol. The molecule has 1 saturated carbocycles. The molecule has 0 amide bonds. The van der Waals surface area contributed by atoms with Crippen LogP contribution in [0.4, 0.5) is 0 Å². The summed E-state index contributed by atoms with van der Waals surface area (Å²) in [5, 5.41) is 0. The molecule has 2 N–H and O–H groups in total. The molecule has 0 bridgehead atoms. The number of hydrogen-bond acceptors (Lipinski definition) is 3. The molecule has 3 aromatic carbocycles. The molecule has 3 aromatic rings. The van der Waals surface area contributed by atoms with Crippen LogP contribution in [0.3, 0.4) is 0 Å². The van der Waals surface area contributed by atoms with Crippen molar-refractivity contribution in [3.05, 3.63) is 144 Å². The van der Waals surface area contributed by atoms with E-state index in [0.29, 0.717) is 5.92 Å². The average Bonchev–Trinajstić information content (AvgIpc) is 2.94. The third kappa shape index (κ3) is 10.2. The summed E-state index contributed by atoms with van der Waals surface area (Å²) in [5.41, 5.74) is 9.01. The van der Waals surface area contributed by atoms with Crippen molar-refractivity contribution in [2.24, 2.45) is 11.7 Å². The molecule has 0 spiro atoms. The van der Waals surface area contributed by atoms with Crippen molar-refractivity contribution in [3.63, 3.8) is 0 Å². The molecule has 0 heterocycles. The molecule has 7 heteroatoms. The molecule has 1 aliphatic rings. The monoisotopic (exact) mass is 636 g/mol. The summed E-state index contributed by atoms with van der Waals surface area (Å²) >= 11 is 1.82. The molecule has 2 atom stereocenters. The summed E-state index contributed by atoms with van der Waals surface area (Å²) in [7, 11) is 0.736. The Balaban J connectivity index is 0.000000353. The van der Waals surface area contributed by atoms with Gasteiger partial charge in [0.05, 0.1) is 0 Å². The second-order valence-corrected chi connectivity index (χ2v) is 10.9. The molecule has 0 aromatic heterocycles. The zero-order valence-electron chi connectivity index (χ0n) is 22.1. The van der Waals surface area contributed by atoms with Crippen LogP contribution in [0, 0.1) is 50.4 Å². The Morgan fingerprint density at radius 2 is 1.21 bits per heavy atom. The van der Waals surface area contributed by atoms with Crippen LogP contribution in [-0.2, 0) is 27.3 Å². The molecule has 4 nitrogen and oxygen atoms in total. The Hall–Kier alpha value is -1.56. The Labute approximate surface area is 244 Å². The summed E-state index contributed by atoms with van der Waals surface area (Å²) in [6.45, 7) is 8.45. The van der Waals surface area contributed by atoms with Crippen molar-refractivity contribution in [3.8, 4) is 0 Å². The third-order valence-corrected chi connectivity index (χ3v) is 7.35. The van der Waals surface area contributed by atoms with Gasteiger partial charge in [-0.3, -0.25) is 0 Å². The van der Waals surface area contributed by atoms with E-state index in [9.17, 15) is 8.42 Å². The van der Waals surface area contributed by atoms with Crippen molar-refractivity contribution in [2.75, 3.05) is 0 Å². The molecule has 6 radical (unpaired) electrons. The molecular weight excluding hydrogens is 601 g/mol. The van der Waals surface area contributed by atoms with E-state index < -0.39 is 22.1 Å². The first kappa shape index (κ1) is 32.7. The number of hydrogen-bond donors (Lipinski definition) is 1. The first-order valence-corrected chi connectivity index (χ1v) is 15.9. The number of nitrogens with two attached hydrogens (primary N) is 1. The molecule has 202 valence electrons. The number of nitrogens with zero attached hydrogens (tertiary/aromatic N) is 1. The minimum atomic E-state index is -3.83. The van der Waals surface area contributed by atoms with Gasteiger partial charge in [-0.1, -0.05) is 111 Å². The zero-order valence-corrected chi connectivity index (χ0v) is 25.4. The standard InChI is InChI=1S/C21H21N2O2S.C10H14.ClH.Ru/c1-16-12-14-19(15-13-16)26(24,25)23-21(18-10-6-3-7-11-18)20(22)17-8-4-2-5-9-17;1-8(2)10-6-4-9(3)5-7-10;;/h2-15,20-21H,22H2,1H3;4-8H,1-3H3;1H;/q-1;;;+2/p-1/t20-,21+;;;/m0.../s1. The van der Waals surface area contributed by atoms with Gasteiger partial charge in [0.25, 0.3) is 0 Å². The van der Waals surface area contributed by atoms with Gasteiger partial charge in [-0.2, -0.15) is 0 Å². The van der Waals surface area contributed by atoms with E-state index in [0.717, 1.165) is 16.7 Å². The molecular formula is C31H35ClN2O2RuS. The molecule has 0 saturated heterocycles. The van der Waals surface area contributed by atoms with E-state index in [1.807, 2.05) is 84.9 Å². The van der Waals surface area contributed by atoms with Crippen molar-refractivity contribution in [1.82, 2.24) is 0 Å². The summed E-state index contributed by atoms with van der Waals surface area (Å²) in [5.74, 6) is 3.41. The molecule has 38 heavy (non-hydrogen) atoms. The second kappa shape index (κ2) is 16.5. The number of aryl methyl sites for hydroxylation is 1. The van der Waals surface area contributed by atoms with Crippen LogP contribution in [0.5, 0.6) is 0 Å². The van der Waals surface area contributed by atoms with E-state index in [4.69, 9.17) is 5.73 Å². The molecule has 1 aliphatic carbocycles. The first-order chi connectivity index (χ1) is 18.2. The average molecular weight is 636 g/mol. The van der Waals surface area contributed by atoms with Crippen molar-refractivity contribution in [1.29, 1.82) is 0 Å². The topological polar surface area (TPSA) is 74.3 Å². The van der Waals surface area contributed by atoms with Gasteiger partial charge in [-0.05, 0) is 68.1 Å². The van der Waals surface area contributed by atoms with Crippen LogP contribution in [0.15, 0.2) is 89.8 Å². The normalized spacial score (nSPS) is 16.0. The van der Waals surface area contributed by atoms with Crippen molar-refractivity contribution >= 4 is 19.7 Å². The van der Waals surface area contributed by atoms with Crippen molar-refractivity contribution in [2.45, 2.75) is 44.7 Å². The molecule has 0 aliphatic heterocycles. The van der Waals surface area contributed by atoms with E-state index in [1.54, 1.807) is 24.3 Å². The van der Waals surface area contributed by atoms with Gasteiger partial charge in [0.2, 0.25) is 0 Å². The fourth-order valence-corrected chi connectivity index (χ4v) is 4.87. The Bertz CT molecular complexity index is 1150. The Morgan fingerprint density at radius 1 is 0.737 bits per heavy atom. The van der Waals surface area contributed by atoms with E-state index in [2.05, 4.69) is 60.9 Å².